The second-order valence-corrected chi connectivity index (χ2v) is 9.92. The number of hydrogen-bond acceptors (Lipinski definition) is 5. The Balaban J connectivity index is 1.42. The molecular weight excluding hydrogens is 537 g/mol. The molecule has 2 aromatic heterocycles. The Labute approximate surface area is 234 Å². The molecule has 0 saturated carbocycles. The van der Waals surface area contributed by atoms with Crippen LogP contribution in [0, 0.1) is 0 Å². The van der Waals surface area contributed by atoms with Crippen LogP contribution in [0.15, 0.2) is 79.3 Å². The summed E-state index contributed by atoms with van der Waals surface area (Å²) < 4.78 is 6.71. The van der Waals surface area contributed by atoms with Crippen LogP contribution in [0.2, 0.25) is 10.0 Å². The van der Waals surface area contributed by atoms with Crippen LogP contribution in [0.4, 0.5) is 0 Å². The molecule has 198 valence electrons. The molecule has 0 aliphatic heterocycles. The molecule has 3 aromatic carbocycles. The van der Waals surface area contributed by atoms with Gasteiger partial charge in [-0.05, 0) is 53.6 Å². The number of methoxy groups -OCH3 is 1. The zero-order chi connectivity index (χ0) is 27.4. The number of aryl methyl sites for hydroxylation is 1. The van der Waals surface area contributed by atoms with Gasteiger partial charge in [-0.1, -0.05) is 53.5 Å². The highest BCUT2D eigenvalue weighted by atomic mass is 35.5. The second-order valence-electron chi connectivity index (χ2n) is 9.05. The van der Waals surface area contributed by atoms with Crippen LogP contribution in [0.1, 0.15) is 17.8 Å². The molecule has 0 bridgehead atoms. The van der Waals surface area contributed by atoms with Crippen molar-refractivity contribution in [2.45, 2.75) is 25.3 Å². The zero-order valence-corrected chi connectivity index (χ0v) is 22.5. The summed E-state index contributed by atoms with van der Waals surface area (Å²) in [6, 6.07) is 20.5. The fourth-order valence-electron chi connectivity index (χ4n) is 4.43. The molecule has 0 saturated heterocycles. The van der Waals surface area contributed by atoms with Crippen LogP contribution in [0.5, 0.6) is 0 Å². The van der Waals surface area contributed by atoms with Gasteiger partial charge in [0.25, 0.3) is 0 Å². The summed E-state index contributed by atoms with van der Waals surface area (Å²) in [5, 5.41) is 10.8. The molecule has 39 heavy (non-hydrogen) atoms. The van der Waals surface area contributed by atoms with Gasteiger partial charge in [-0.2, -0.15) is 5.10 Å². The molecule has 1 amide bonds. The van der Waals surface area contributed by atoms with Gasteiger partial charge in [-0.3, -0.25) is 4.79 Å². The third kappa shape index (κ3) is 6.30. The normalized spacial score (nSPS) is 11.9. The van der Waals surface area contributed by atoms with Gasteiger partial charge in [0.1, 0.15) is 6.04 Å². The van der Waals surface area contributed by atoms with Gasteiger partial charge in [-0.25, -0.2) is 14.5 Å². The maximum atomic E-state index is 13.0. The first-order valence-corrected chi connectivity index (χ1v) is 13.0. The van der Waals surface area contributed by atoms with Crippen molar-refractivity contribution in [1.29, 1.82) is 0 Å². The number of aromatic nitrogens is 4. The number of carbonyl (C=O) groups is 2. The number of fused-ring (bicyclic) bond motifs is 1. The highest BCUT2D eigenvalue weighted by Gasteiger charge is 2.23. The molecule has 8 nitrogen and oxygen atoms in total. The van der Waals surface area contributed by atoms with Crippen molar-refractivity contribution >= 4 is 45.9 Å². The van der Waals surface area contributed by atoms with E-state index >= 15 is 0 Å². The van der Waals surface area contributed by atoms with E-state index in [1.54, 1.807) is 24.4 Å². The lowest BCUT2D eigenvalue weighted by Crippen LogP contribution is -2.43. The number of nitrogens with one attached hydrogen (secondary N) is 2. The number of amides is 1. The third-order valence-electron chi connectivity index (χ3n) is 6.33. The van der Waals surface area contributed by atoms with E-state index < -0.39 is 12.0 Å². The van der Waals surface area contributed by atoms with Crippen LogP contribution in [-0.2, 0) is 27.2 Å². The van der Waals surface area contributed by atoms with Crippen molar-refractivity contribution in [2.75, 3.05) is 7.11 Å². The van der Waals surface area contributed by atoms with Crippen molar-refractivity contribution in [3.8, 4) is 16.9 Å². The fraction of sp³-hybridized carbons (Fsp3) is 0.172. The fourth-order valence-corrected chi connectivity index (χ4v) is 4.96. The van der Waals surface area contributed by atoms with Crippen LogP contribution >= 0.6 is 23.2 Å². The summed E-state index contributed by atoms with van der Waals surface area (Å²) in [6.45, 7) is 0. The second kappa shape index (κ2) is 11.7. The summed E-state index contributed by atoms with van der Waals surface area (Å²) in [4.78, 5) is 32.2. The number of esters is 1. The first-order valence-electron chi connectivity index (χ1n) is 12.3. The number of ether oxygens (including phenoxy) is 1. The maximum Gasteiger partial charge on any atom is 0.328 e. The summed E-state index contributed by atoms with van der Waals surface area (Å²) in [5.74, 6) is -0.817. The van der Waals surface area contributed by atoms with E-state index in [9.17, 15) is 9.59 Å². The summed E-state index contributed by atoms with van der Waals surface area (Å²) in [6.07, 6.45) is 3.87. The Morgan fingerprint density at radius 3 is 2.51 bits per heavy atom. The number of hydrogen-bond donors (Lipinski definition) is 2. The van der Waals surface area contributed by atoms with Crippen molar-refractivity contribution in [3.05, 3.63) is 101 Å². The molecular formula is C29H25Cl2N5O3. The lowest BCUT2D eigenvalue weighted by Gasteiger charge is -2.16. The van der Waals surface area contributed by atoms with Crippen molar-refractivity contribution < 1.29 is 14.3 Å². The molecule has 0 radical (unpaired) electrons. The minimum Gasteiger partial charge on any atom is -0.467 e. The molecule has 0 aliphatic carbocycles. The summed E-state index contributed by atoms with van der Waals surface area (Å²) in [7, 11) is 1.29. The van der Waals surface area contributed by atoms with E-state index in [0.717, 1.165) is 27.7 Å². The minimum atomic E-state index is -0.836. The van der Waals surface area contributed by atoms with Crippen LogP contribution < -0.4 is 5.32 Å². The van der Waals surface area contributed by atoms with Crippen molar-refractivity contribution in [1.82, 2.24) is 25.1 Å². The average Bonchev–Trinajstić information content (AvgIpc) is 3.60. The van der Waals surface area contributed by atoms with Gasteiger partial charge in [0.2, 0.25) is 5.91 Å². The van der Waals surface area contributed by atoms with E-state index in [0.29, 0.717) is 27.9 Å². The minimum absolute atomic E-state index is 0.130. The molecule has 0 fully saturated rings. The summed E-state index contributed by atoms with van der Waals surface area (Å²) >= 11 is 12.5. The Morgan fingerprint density at radius 1 is 1.03 bits per heavy atom. The molecule has 10 heteroatoms. The van der Waals surface area contributed by atoms with Crippen LogP contribution in [0.3, 0.4) is 0 Å². The Hall–Kier alpha value is -4.14. The van der Waals surface area contributed by atoms with Gasteiger partial charge in [0, 0.05) is 46.0 Å². The van der Waals surface area contributed by atoms with E-state index in [1.807, 2.05) is 47.1 Å². The largest absolute Gasteiger partial charge is 0.467 e. The number of benzene rings is 3. The van der Waals surface area contributed by atoms with Gasteiger partial charge >= 0.3 is 5.97 Å². The number of rotatable bonds is 9. The molecule has 5 aromatic rings. The maximum absolute atomic E-state index is 13.0. The van der Waals surface area contributed by atoms with E-state index in [1.165, 1.54) is 13.4 Å². The lowest BCUT2D eigenvalue weighted by atomic mass is 10.1. The topological polar surface area (TPSA) is 102 Å². The third-order valence-corrected chi connectivity index (χ3v) is 6.76. The monoisotopic (exact) mass is 561 g/mol. The van der Waals surface area contributed by atoms with Crippen molar-refractivity contribution in [2.24, 2.45) is 0 Å². The summed E-state index contributed by atoms with van der Waals surface area (Å²) in [5.41, 5.74) is 3.83. The Morgan fingerprint density at radius 2 is 1.79 bits per heavy atom. The number of imidazole rings is 1. The number of H-pyrrole nitrogens is 1. The SMILES string of the molecule is COC(=O)[C@H](Cc1cnc[nH]1)NC(=O)CCc1cc(-c2cc(Cl)cc(Cl)c2)nn1-c1ccc2ccccc2c1. The highest BCUT2D eigenvalue weighted by Crippen LogP contribution is 2.29. The van der Waals surface area contributed by atoms with Gasteiger partial charge in [0.05, 0.1) is 24.8 Å². The van der Waals surface area contributed by atoms with Crippen molar-refractivity contribution in [3.63, 3.8) is 0 Å². The average molecular weight is 562 g/mol. The molecule has 2 heterocycles. The number of nitrogens with zero attached hydrogens (tertiary/aromatic N) is 3. The molecule has 2 N–H and O–H groups in total. The van der Waals surface area contributed by atoms with E-state index in [2.05, 4.69) is 21.4 Å². The zero-order valence-electron chi connectivity index (χ0n) is 21.0. The number of carbonyl (C=O) groups excluding carboxylic acids is 2. The van der Waals surface area contributed by atoms with Gasteiger partial charge in [0.15, 0.2) is 0 Å². The van der Waals surface area contributed by atoms with Gasteiger partial charge < -0.3 is 15.0 Å². The predicted octanol–water partition coefficient (Wildman–Crippen LogP) is 5.56. The number of halogens is 2. The Kier molecular flexibility index (Phi) is 7.95. The first-order chi connectivity index (χ1) is 18.9. The van der Waals surface area contributed by atoms with Crippen LogP contribution in [0.25, 0.3) is 27.7 Å². The quantitative estimate of drug-likeness (QED) is 0.229. The predicted molar refractivity (Wildman–Crippen MR) is 151 cm³/mol. The van der Waals surface area contributed by atoms with Gasteiger partial charge in [-0.15, -0.1) is 0 Å². The van der Waals surface area contributed by atoms with E-state index in [-0.39, 0.29) is 18.7 Å². The van der Waals surface area contributed by atoms with E-state index in [4.69, 9.17) is 33.0 Å². The molecule has 0 aliphatic rings. The Bertz CT molecular complexity index is 1610. The molecule has 0 unspecified atom stereocenters. The smallest absolute Gasteiger partial charge is 0.328 e. The number of aromatic amines is 1. The standard InChI is InChI=1S/C29H25Cl2N5O3/c1-39-29(38)27(14-23-16-32-17-33-23)34-28(37)9-8-25-15-26(20-10-21(30)13-22(31)11-20)35-36(25)24-7-6-18-4-2-3-5-19(18)12-24/h2-7,10-13,15-17,27H,8-9,14H2,1H3,(H,32,33)(H,34,37)/t27-/m0/s1. The van der Waals surface area contributed by atoms with Crippen LogP contribution in [-0.4, -0.2) is 44.8 Å². The molecule has 5 rings (SSSR count). The highest BCUT2D eigenvalue weighted by molar-refractivity contribution is 6.35. The molecule has 1 atom stereocenters. The molecule has 0 spiro atoms. The first kappa shape index (κ1) is 26.5. The lowest BCUT2D eigenvalue weighted by molar-refractivity contribution is -0.145.